The fraction of sp³-hybridized carbons (Fsp3) is 0.455. The summed E-state index contributed by atoms with van der Waals surface area (Å²) in [4.78, 5) is 0. The van der Waals surface area contributed by atoms with E-state index < -0.39 is 0 Å². The molecule has 0 fully saturated rings. The van der Waals surface area contributed by atoms with Crippen molar-refractivity contribution in [2.24, 2.45) is 0 Å². The van der Waals surface area contributed by atoms with Crippen molar-refractivity contribution < 1.29 is 4.39 Å². The normalized spacial score (nSPS) is 20.6. The largest absolute Gasteiger partial charge is 0.385 e. The summed E-state index contributed by atoms with van der Waals surface area (Å²) in [6.07, 6.45) is 2.30. The van der Waals surface area contributed by atoms with Gasteiger partial charge in [0.05, 0.1) is 0 Å². The van der Waals surface area contributed by atoms with Crippen LogP contribution in [0.15, 0.2) is 18.2 Å². The van der Waals surface area contributed by atoms with Crippen molar-refractivity contribution in [2.75, 3.05) is 11.9 Å². The molecule has 0 bridgehead atoms. The van der Waals surface area contributed by atoms with Crippen molar-refractivity contribution in [3.05, 3.63) is 29.6 Å². The first kappa shape index (κ1) is 8.54. The molecule has 1 N–H and O–H groups in total. The Morgan fingerprint density at radius 2 is 2.38 bits per heavy atom. The number of halogens is 1. The highest BCUT2D eigenvalue weighted by Crippen LogP contribution is 2.33. The van der Waals surface area contributed by atoms with Crippen LogP contribution < -0.4 is 5.32 Å². The van der Waals surface area contributed by atoms with Crippen molar-refractivity contribution >= 4 is 5.69 Å². The zero-order valence-electron chi connectivity index (χ0n) is 7.81. The molecule has 1 nitrogen and oxygen atoms in total. The summed E-state index contributed by atoms with van der Waals surface area (Å²) in [5, 5.41) is 3.23. The van der Waals surface area contributed by atoms with Crippen molar-refractivity contribution in [3.8, 4) is 0 Å². The molecule has 2 heteroatoms. The van der Waals surface area contributed by atoms with E-state index in [1.807, 2.05) is 6.07 Å². The highest BCUT2D eigenvalue weighted by Gasteiger charge is 2.18. The maximum absolute atomic E-state index is 12.9. The molecule has 1 aliphatic heterocycles. The zero-order chi connectivity index (χ0) is 9.26. The highest BCUT2D eigenvalue weighted by molar-refractivity contribution is 5.54. The van der Waals surface area contributed by atoms with E-state index in [1.165, 1.54) is 5.56 Å². The van der Waals surface area contributed by atoms with E-state index in [0.29, 0.717) is 5.92 Å². The van der Waals surface area contributed by atoms with Crippen molar-refractivity contribution in [2.45, 2.75) is 25.7 Å². The summed E-state index contributed by atoms with van der Waals surface area (Å²) >= 11 is 0. The van der Waals surface area contributed by atoms with Gasteiger partial charge in [-0.05, 0) is 36.5 Å². The number of anilines is 1. The average molecular weight is 179 g/mol. The average Bonchev–Trinajstić information content (AvgIpc) is 2.16. The summed E-state index contributed by atoms with van der Waals surface area (Å²) in [5.41, 5.74) is 2.26. The molecule has 1 atom stereocenters. The molecule has 0 aliphatic carbocycles. The Kier molecular flexibility index (Phi) is 2.21. The first-order valence-corrected chi connectivity index (χ1v) is 4.84. The monoisotopic (exact) mass is 179 g/mol. The number of hydrogen-bond donors (Lipinski definition) is 1. The number of nitrogens with one attached hydrogen (secondary N) is 1. The van der Waals surface area contributed by atoms with E-state index >= 15 is 0 Å². The second kappa shape index (κ2) is 3.36. The molecule has 1 aromatic carbocycles. The molecule has 2 rings (SSSR count). The van der Waals surface area contributed by atoms with Gasteiger partial charge in [-0.3, -0.25) is 0 Å². The Morgan fingerprint density at radius 1 is 1.54 bits per heavy atom. The van der Waals surface area contributed by atoms with Crippen LogP contribution in [0, 0.1) is 5.82 Å². The summed E-state index contributed by atoms with van der Waals surface area (Å²) in [5.74, 6) is 0.458. The fourth-order valence-electron chi connectivity index (χ4n) is 2.00. The van der Waals surface area contributed by atoms with Crippen molar-refractivity contribution in [1.29, 1.82) is 0 Å². The SMILES string of the molecule is CCC1CCNc2cc(F)ccc21. The van der Waals surface area contributed by atoms with Crippen LogP contribution in [0.3, 0.4) is 0 Å². The Labute approximate surface area is 78.0 Å². The Hall–Kier alpha value is -1.05. The van der Waals surface area contributed by atoms with Crippen LogP contribution in [0.4, 0.5) is 10.1 Å². The van der Waals surface area contributed by atoms with Crippen LogP contribution in [0.2, 0.25) is 0 Å². The van der Waals surface area contributed by atoms with Gasteiger partial charge in [0.2, 0.25) is 0 Å². The van der Waals surface area contributed by atoms with Crippen LogP contribution in [-0.4, -0.2) is 6.54 Å². The van der Waals surface area contributed by atoms with E-state index in [9.17, 15) is 4.39 Å². The van der Waals surface area contributed by atoms with E-state index in [-0.39, 0.29) is 5.82 Å². The van der Waals surface area contributed by atoms with Gasteiger partial charge in [0.1, 0.15) is 5.82 Å². The van der Waals surface area contributed by atoms with Gasteiger partial charge in [0.25, 0.3) is 0 Å². The van der Waals surface area contributed by atoms with Gasteiger partial charge in [-0.2, -0.15) is 0 Å². The third-order valence-corrected chi connectivity index (χ3v) is 2.76. The third-order valence-electron chi connectivity index (χ3n) is 2.76. The second-order valence-electron chi connectivity index (χ2n) is 3.55. The maximum atomic E-state index is 12.9. The summed E-state index contributed by atoms with van der Waals surface area (Å²) < 4.78 is 12.9. The molecule has 1 aromatic rings. The number of hydrogen-bond acceptors (Lipinski definition) is 1. The van der Waals surface area contributed by atoms with E-state index in [2.05, 4.69) is 12.2 Å². The lowest BCUT2D eigenvalue weighted by Crippen LogP contribution is -2.16. The molecule has 13 heavy (non-hydrogen) atoms. The lowest BCUT2D eigenvalue weighted by atomic mass is 9.89. The van der Waals surface area contributed by atoms with E-state index in [0.717, 1.165) is 25.1 Å². The predicted molar refractivity (Wildman–Crippen MR) is 52.5 cm³/mol. The molecular weight excluding hydrogens is 165 g/mol. The molecule has 1 heterocycles. The minimum Gasteiger partial charge on any atom is -0.385 e. The minimum absolute atomic E-state index is 0.150. The smallest absolute Gasteiger partial charge is 0.125 e. The molecule has 70 valence electrons. The van der Waals surface area contributed by atoms with Crippen LogP contribution in [0.5, 0.6) is 0 Å². The van der Waals surface area contributed by atoms with Crippen LogP contribution >= 0.6 is 0 Å². The van der Waals surface area contributed by atoms with Crippen LogP contribution in [0.1, 0.15) is 31.2 Å². The minimum atomic E-state index is -0.150. The van der Waals surface area contributed by atoms with Gasteiger partial charge in [-0.1, -0.05) is 13.0 Å². The van der Waals surface area contributed by atoms with Crippen LogP contribution in [-0.2, 0) is 0 Å². The van der Waals surface area contributed by atoms with Gasteiger partial charge in [-0.15, -0.1) is 0 Å². The lowest BCUT2D eigenvalue weighted by molar-refractivity contribution is 0.596. The summed E-state index contributed by atoms with van der Waals surface area (Å²) in [6, 6.07) is 5.05. The summed E-state index contributed by atoms with van der Waals surface area (Å²) in [7, 11) is 0. The fourth-order valence-corrected chi connectivity index (χ4v) is 2.00. The Morgan fingerprint density at radius 3 is 3.15 bits per heavy atom. The van der Waals surface area contributed by atoms with Gasteiger partial charge in [0.15, 0.2) is 0 Å². The lowest BCUT2D eigenvalue weighted by Gasteiger charge is -2.25. The van der Waals surface area contributed by atoms with Gasteiger partial charge >= 0.3 is 0 Å². The van der Waals surface area contributed by atoms with Gasteiger partial charge in [-0.25, -0.2) is 4.39 Å². The highest BCUT2D eigenvalue weighted by atomic mass is 19.1. The molecule has 0 spiro atoms. The predicted octanol–water partition coefficient (Wildman–Crippen LogP) is 3.13. The van der Waals surface area contributed by atoms with E-state index in [1.54, 1.807) is 12.1 Å². The molecule has 0 amide bonds. The second-order valence-corrected chi connectivity index (χ2v) is 3.55. The first-order chi connectivity index (χ1) is 6.31. The maximum Gasteiger partial charge on any atom is 0.125 e. The standard InChI is InChI=1S/C11H14FN/c1-2-8-5-6-13-11-7-9(12)3-4-10(8)11/h3-4,7-8,13H,2,5-6H2,1H3. The molecule has 0 saturated carbocycles. The Bertz CT molecular complexity index is 309. The molecule has 1 aliphatic rings. The number of rotatable bonds is 1. The number of benzene rings is 1. The molecule has 0 radical (unpaired) electrons. The van der Waals surface area contributed by atoms with E-state index in [4.69, 9.17) is 0 Å². The van der Waals surface area contributed by atoms with Gasteiger partial charge in [0, 0.05) is 12.2 Å². The molecule has 0 aromatic heterocycles. The zero-order valence-corrected chi connectivity index (χ0v) is 7.81. The molecule has 1 unspecified atom stereocenters. The first-order valence-electron chi connectivity index (χ1n) is 4.84. The topological polar surface area (TPSA) is 12.0 Å². The molecular formula is C11H14FN. The number of fused-ring (bicyclic) bond motifs is 1. The third kappa shape index (κ3) is 1.53. The van der Waals surface area contributed by atoms with Crippen molar-refractivity contribution in [3.63, 3.8) is 0 Å². The van der Waals surface area contributed by atoms with Gasteiger partial charge < -0.3 is 5.32 Å². The Balaban J connectivity index is 2.40. The summed E-state index contributed by atoms with van der Waals surface area (Å²) in [6.45, 7) is 3.15. The van der Waals surface area contributed by atoms with Crippen molar-refractivity contribution in [1.82, 2.24) is 0 Å². The quantitative estimate of drug-likeness (QED) is 0.698. The van der Waals surface area contributed by atoms with Crippen LogP contribution in [0.25, 0.3) is 0 Å². The molecule has 0 saturated heterocycles.